The van der Waals surface area contributed by atoms with Crippen molar-refractivity contribution in [1.82, 2.24) is 10.2 Å². The first kappa shape index (κ1) is 19.2. The molecule has 0 spiro atoms. The smallest absolute Gasteiger partial charge is 0.339 e. The average molecular weight is 475 g/mol. The molecule has 0 aliphatic rings. The number of hydrogen-bond acceptors (Lipinski definition) is 8. The quantitative estimate of drug-likeness (QED) is 0.483. The van der Waals surface area contributed by atoms with Crippen molar-refractivity contribution in [2.45, 2.75) is 13.3 Å². The van der Waals surface area contributed by atoms with Crippen molar-refractivity contribution in [3.8, 4) is 0 Å². The molecule has 1 heterocycles. The molecule has 0 unspecified atom stereocenters. The molecule has 2 aromatic rings. The lowest BCUT2D eigenvalue weighted by Crippen LogP contribution is -2.21. The standard InChI is InChI=1S/C15H14IN3O5S/c1-2-23-13(21)7-12-18-19-15(25-12)17-11(20)8-24-14(22)9-5-3-4-6-10(9)16/h3-6H,2,7-8H2,1H3,(H,17,19,20). The number of carbonyl (C=O) groups excluding carboxylic acids is 3. The van der Waals surface area contributed by atoms with Crippen LogP contribution in [-0.2, 0) is 25.5 Å². The van der Waals surface area contributed by atoms with Gasteiger partial charge in [0, 0.05) is 3.57 Å². The fourth-order valence-electron chi connectivity index (χ4n) is 1.70. The number of esters is 2. The summed E-state index contributed by atoms with van der Waals surface area (Å²) < 4.78 is 10.5. The number of nitrogens with zero attached hydrogens (tertiary/aromatic N) is 2. The summed E-state index contributed by atoms with van der Waals surface area (Å²) >= 11 is 3.07. The third-order valence-corrected chi connectivity index (χ3v) is 4.52. The van der Waals surface area contributed by atoms with Crippen molar-refractivity contribution in [2.24, 2.45) is 0 Å². The molecule has 1 N–H and O–H groups in total. The molecule has 2 rings (SSSR count). The maximum Gasteiger partial charge on any atom is 0.339 e. The van der Waals surface area contributed by atoms with Crippen LogP contribution in [0.2, 0.25) is 0 Å². The molecule has 0 atom stereocenters. The molecule has 1 amide bonds. The minimum Gasteiger partial charge on any atom is -0.466 e. The van der Waals surface area contributed by atoms with E-state index < -0.39 is 24.5 Å². The molecule has 0 fully saturated rings. The van der Waals surface area contributed by atoms with Gasteiger partial charge in [0.1, 0.15) is 5.01 Å². The Bertz CT molecular complexity index is 780. The Labute approximate surface area is 161 Å². The minimum absolute atomic E-state index is 0.0111. The van der Waals surface area contributed by atoms with Gasteiger partial charge in [-0.25, -0.2) is 4.79 Å². The van der Waals surface area contributed by atoms with E-state index >= 15 is 0 Å². The number of anilines is 1. The van der Waals surface area contributed by atoms with Gasteiger partial charge in [0.2, 0.25) is 5.13 Å². The van der Waals surface area contributed by atoms with Crippen molar-refractivity contribution >= 4 is 56.9 Å². The van der Waals surface area contributed by atoms with Crippen LogP contribution in [0.5, 0.6) is 0 Å². The highest BCUT2D eigenvalue weighted by molar-refractivity contribution is 14.1. The van der Waals surface area contributed by atoms with Crippen LogP contribution < -0.4 is 5.32 Å². The highest BCUT2D eigenvalue weighted by Gasteiger charge is 2.15. The molecular weight excluding hydrogens is 461 g/mol. The van der Waals surface area contributed by atoms with Gasteiger partial charge in [0.15, 0.2) is 6.61 Å². The van der Waals surface area contributed by atoms with E-state index in [4.69, 9.17) is 9.47 Å². The summed E-state index contributed by atoms with van der Waals surface area (Å²) in [5, 5.41) is 10.6. The van der Waals surface area contributed by atoms with Crippen LogP contribution in [-0.4, -0.2) is 41.3 Å². The van der Waals surface area contributed by atoms with Gasteiger partial charge in [-0.3, -0.25) is 14.9 Å². The summed E-state index contributed by atoms with van der Waals surface area (Å²) in [6.45, 7) is 1.55. The van der Waals surface area contributed by atoms with Crippen LogP contribution in [0.3, 0.4) is 0 Å². The van der Waals surface area contributed by atoms with E-state index in [0.29, 0.717) is 10.6 Å². The number of hydrogen-bond donors (Lipinski definition) is 1. The lowest BCUT2D eigenvalue weighted by atomic mass is 10.2. The Morgan fingerprint density at radius 2 is 1.96 bits per heavy atom. The molecule has 132 valence electrons. The fourth-order valence-corrected chi connectivity index (χ4v) is 3.05. The van der Waals surface area contributed by atoms with Crippen LogP contribution in [0.4, 0.5) is 5.13 Å². The summed E-state index contributed by atoms with van der Waals surface area (Å²) in [5.74, 6) is -1.54. The molecule has 10 heteroatoms. The Morgan fingerprint density at radius 1 is 1.20 bits per heavy atom. The summed E-state index contributed by atoms with van der Waals surface area (Å²) in [5.41, 5.74) is 0.392. The highest BCUT2D eigenvalue weighted by Crippen LogP contribution is 2.16. The van der Waals surface area contributed by atoms with Crippen molar-refractivity contribution in [1.29, 1.82) is 0 Å². The number of ether oxygens (including phenoxy) is 2. The molecule has 0 radical (unpaired) electrons. The molecule has 0 bridgehead atoms. The van der Waals surface area contributed by atoms with Gasteiger partial charge in [-0.15, -0.1) is 10.2 Å². The van der Waals surface area contributed by atoms with Crippen LogP contribution >= 0.6 is 33.9 Å². The van der Waals surface area contributed by atoms with Crippen molar-refractivity contribution in [2.75, 3.05) is 18.5 Å². The van der Waals surface area contributed by atoms with Gasteiger partial charge in [0.25, 0.3) is 5.91 Å². The summed E-state index contributed by atoms with van der Waals surface area (Å²) in [6, 6.07) is 6.90. The van der Waals surface area contributed by atoms with Crippen LogP contribution in [0.1, 0.15) is 22.3 Å². The molecule has 8 nitrogen and oxygen atoms in total. The third-order valence-electron chi connectivity index (χ3n) is 2.74. The second-order valence-electron chi connectivity index (χ2n) is 4.59. The Morgan fingerprint density at radius 3 is 2.68 bits per heavy atom. The first-order chi connectivity index (χ1) is 12.0. The molecule has 0 aliphatic heterocycles. The van der Waals surface area contributed by atoms with Crippen LogP contribution in [0, 0.1) is 3.57 Å². The lowest BCUT2D eigenvalue weighted by Gasteiger charge is -2.05. The van der Waals surface area contributed by atoms with E-state index in [9.17, 15) is 14.4 Å². The van der Waals surface area contributed by atoms with E-state index in [1.54, 1.807) is 31.2 Å². The summed E-state index contributed by atoms with van der Waals surface area (Å²) in [4.78, 5) is 35.1. The van der Waals surface area contributed by atoms with Crippen LogP contribution in [0.15, 0.2) is 24.3 Å². The number of amides is 1. The van der Waals surface area contributed by atoms with E-state index in [1.165, 1.54) is 0 Å². The zero-order chi connectivity index (χ0) is 18.2. The molecular formula is C15H14IN3O5S. The van der Waals surface area contributed by atoms with E-state index in [0.717, 1.165) is 14.9 Å². The second kappa shape index (κ2) is 9.42. The van der Waals surface area contributed by atoms with E-state index in [2.05, 4.69) is 15.5 Å². The summed E-state index contributed by atoms with van der Waals surface area (Å²) in [7, 11) is 0. The first-order valence-corrected chi connectivity index (χ1v) is 9.08. The molecule has 1 aromatic heterocycles. The Kier molecular flexibility index (Phi) is 7.25. The maximum absolute atomic E-state index is 11.9. The van der Waals surface area contributed by atoms with Gasteiger partial charge in [-0.05, 0) is 41.6 Å². The number of carbonyl (C=O) groups is 3. The minimum atomic E-state index is -0.583. The van der Waals surface area contributed by atoms with Gasteiger partial charge in [0.05, 0.1) is 18.6 Å². The van der Waals surface area contributed by atoms with Gasteiger partial charge < -0.3 is 9.47 Å². The predicted molar refractivity (Wildman–Crippen MR) is 98.3 cm³/mol. The zero-order valence-corrected chi connectivity index (χ0v) is 16.1. The van der Waals surface area contributed by atoms with Gasteiger partial charge in [-0.1, -0.05) is 23.5 Å². The second-order valence-corrected chi connectivity index (χ2v) is 6.81. The lowest BCUT2D eigenvalue weighted by molar-refractivity contribution is -0.142. The monoisotopic (exact) mass is 475 g/mol. The van der Waals surface area contributed by atoms with Crippen molar-refractivity contribution in [3.05, 3.63) is 38.4 Å². The van der Waals surface area contributed by atoms with E-state index in [-0.39, 0.29) is 18.2 Å². The molecule has 0 saturated heterocycles. The number of rotatable bonds is 7. The van der Waals surface area contributed by atoms with Crippen molar-refractivity contribution < 1.29 is 23.9 Å². The van der Waals surface area contributed by atoms with E-state index in [1.807, 2.05) is 22.6 Å². The van der Waals surface area contributed by atoms with Crippen LogP contribution in [0.25, 0.3) is 0 Å². The number of benzene rings is 1. The largest absolute Gasteiger partial charge is 0.466 e. The molecule has 0 aliphatic carbocycles. The third kappa shape index (κ3) is 6.05. The SMILES string of the molecule is CCOC(=O)Cc1nnc(NC(=O)COC(=O)c2ccccc2I)s1. The maximum atomic E-state index is 11.9. The topological polar surface area (TPSA) is 107 Å². The molecule has 1 aromatic carbocycles. The predicted octanol–water partition coefficient (Wildman–Crippen LogP) is 2.04. The zero-order valence-electron chi connectivity index (χ0n) is 13.2. The fraction of sp³-hybridized carbons (Fsp3) is 0.267. The number of nitrogens with one attached hydrogen (secondary N) is 1. The molecule has 25 heavy (non-hydrogen) atoms. The normalized spacial score (nSPS) is 10.2. The first-order valence-electron chi connectivity index (χ1n) is 7.19. The average Bonchev–Trinajstić information content (AvgIpc) is 3.00. The molecule has 0 saturated carbocycles. The number of aromatic nitrogens is 2. The Hall–Kier alpha value is -2.08. The Balaban J connectivity index is 1.82. The van der Waals surface area contributed by atoms with Crippen molar-refractivity contribution in [3.63, 3.8) is 0 Å². The van der Waals surface area contributed by atoms with Gasteiger partial charge >= 0.3 is 11.9 Å². The summed E-state index contributed by atoms with van der Waals surface area (Å²) in [6.07, 6.45) is -0.0111. The van der Waals surface area contributed by atoms with Gasteiger partial charge in [-0.2, -0.15) is 0 Å². The highest BCUT2D eigenvalue weighted by atomic mass is 127. The number of halogens is 1.